The standard InChI is InChI=1S/C22H25N3O2/c1-14-11-19(26)17(12-23-14)22(27)25-13-18(15-5-3-2-4-6-15)21-20(25)16-7-9-24(21)10-8-16/h2-6,11-12,16,18,20-21H,7-10,13H2,1H3,(H,23,26)/t18-,20+,21+/m1/s1. The number of fused-ring (bicyclic) bond motifs is 2. The molecule has 4 aliphatic heterocycles. The first-order valence-corrected chi connectivity index (χ1v) is 9.93. The molecule has 27 heavy (non-hydrogen) atoms. The zero-order valence-corrected chi connectivity index (χ0v) is 15.6. The fraction of sp³-hybridized carbons (Fsp3) is 0.455. The molecule has 5 heterocycles. The minimum Gasteiger partial charge on any atom is -0.364 e. The van der Waals surface area contributed by atoms with Gasteiger partial charge >= 0.3 is 0 Å². The summed E-state index contributed by atoms with van der Waals surface area (Å²) in [7, 11) is 0. The number of carbonyl (C=O) groups is 1. The van der Waals surface area contributed by atoms with E-state index in [0.29, 0.717) is 24.4 Å². The molecule has 2 bridgehead atoms. The summed E-state index contributed by atoms with van der Waals surface area (Å²) in [5.41, 5.74) is 2.16. The maximum atomic E-state index is 13.4. The summed E-state index contributed by atoms with van der Waals surface area (Å²) >= 11 is 0. The van der Waals surface area contributed by atoms with E-state index < -0.39 is 0 Å². The van der Waals surface area contributed by atoms with Gasteiger partial charge in [-0.05, 0) is 44.3 Å². The van der Waals surface area contributed by atoms with Gasteiger partial charge in [0.25, 0.3) is 5.91 Å². The van der Waals surface area contributed by atoms with Gasteiger partial charge in [-0.3, -0.25) is 14.5 Å². The second-order valence-corrected chi connectivity index (χ2v) is 8.22. The minimum absolute atomic E-state index is 0.113. The molecule has 140 valence electrons. The van der Waals surface area contributed by atoms with E-state index in [1.807, 2.05) is 17.9 Å². The Labute approximate surface area is 159 Å². The first-order chi connectivity index (χ1) is 13.1. The van der Waals surface area contributed by atoms with Crippen LogP contribution < -0.4 is 5.43 Å². The smallest absolute Gasteiger partial charge is 0.259 e. The maximum Gasteiger partial charge on any atom is 0.259 e. The number of H-pyrrole nitrogens is 1. The van der Waals surface area contributed by atoms with Crippen molar-refractivity contribution in [2.45, 2.75) is 37.8 Å². The van der Waals surface area contributed by atoms with Gasteiger partial charge in [-0.15, -0.1) is 0 Å². The van der Waals surface area contributed by atoms with Crippen LogP contribution in [0.15, 0.2) is 47.4 Å². The number of aromatic nitrogens is 1. The number of rotatable bonds is 2. The SMILES string of the molecule is Cc1cc(=O)c(C(=O)N2C[C@H](c3ccccc3)[C@H]3[C@@H]2C2CCN3CC2)c[nH]1. The van der Waals surface area contributed by atoms with E-state index in [1.165, 1.54) is 11.6 Å². The molecule has 3 atom stereocenters. The summed E-state index contributed by atoms with van der Waals surface area (Å²) in [6.07, 6.45) is 3.89. The molecule has 1 aromatic carbocycles. The van der Waals surface area contributed by atoms with Crippen molar-refractivity contribution in [1.82, 2.24) is 14.8 Å². The molecule has 1 amide bonds. The van der Waals surface area contributed by atoms with Crippen LogP contribution in [0, 0.1) is 12.8 Å². The van der Waals surface area contributed by atoms with Crippen molar-refractivity contribution < 1.29 is 4.79 Å². The zero-order chi connectivity index (χ0) is 18.5. The summed E-state index contributed by atoms with van der Waals surface area (Å²) in [6.45, 7) is 4.78. The van der Waals surface area contributed by atoms with Crippen LogP contribution in [0.1, 0.15) is 40.4 Å². The number of likely N-dealkylation sites (tertiary alicyclic amines) is 1. The molecule has 0 radical (unpaired) electrons. The molecule has 6 rings (SSSR count). The molecule has 2 aromatic rings. The van der Waals surface area contributed by atoms with Gasteiger partial charge in [0.1, 0.15) is 5.56 Å². The second kappa shape index (κ2) is 6.34. The van der Waals surface area contributed by atoms with Crippen LogP contribution in [0.25, 0.3) is 0 Å². The molecular formula is C22H25N3O2. The number of hydrogen-bond donors (Lipinski definition) is 1. The van der Waals surface area contributed by atoms with Gasteiger partial charge in [0.05, 0.1) is 6.04 Å². The van der Waals surface area contributed by atoms with Crippen LogP contribution in [0.4, 0.5) is 0 Å². The average Bonchev–Trinajstić information content (AvgIpc) is 3.12. The Kier molecular flexibility index (Phi) is 3.93. The fourth-order valence-corrected chi connectivity index (χ4v) is 5.54. The van der Waals surface area contributed by atoms with Crippen LogP contribution in [-0.2, 0) is 0 Å². The van der Waals surface area contributed by atoms with Gasteiger partial charge in [0.15, 0.2) is 5.43 Å². The number of carbonyl (C=O) groups excluding carboxylic acids is 1. The van der Waals surface area contributed by atoms with E-state index in [-0.39, 0.29) is 22.9 Å². The van der Waals surface area contributed by atoms with Gasteiger partial charge in [-0.2, -0.15) is 0 Å². The number of nitrogens with zero attached hydrogens (tertiary/aromatic N) is 2. The highest BCUT2D eigenvalue weighted by Crippen LogP contribution is 2.46. The number of pyridine rings is 1. The van der Waals surface area contributed by atoms with E-state index >= 15 is 0 Å². The summed E-state index contributed by atoms with van der Waals surface area (Å²) in [6, 6.07) is 12.7. The Balaban J connectivity index is 1.54. The molecule has 4 fully saturated rings. The van der Waals surface area contributed by atoms with Crippen LogP contribution in [-0.4, -0.2) is 52.4 Å². The van der Waals surface area contributed by atoms with Crippen molar-refractivity contribution >= 4 is 5.91 Å². The molecule has 1 aromatic heterocycles. The quantitative estimate of drug-likeness (QED) is 0.891. The first-order valence-electron chi connectivity index (χ1n) is 9.93. The Hall–Kier alpha value is -2.40. The number of aromatic amines is 1. The summed E-state index contributed by atoms with van der Waals surface area (Å²) < 4.78 is 0. The van der Waals surface area contributed by atoms with Crippen molar-refractivity contribution in [3.8, 4) is 0 Å². The molecule has 5 nitrogen and oxygen atoms in total. The van der Waals surface area contributed by atoms with Crippen molar-refractivity contribution in [3.63, 3.8) is 0 Å². The molecule has 5 heteroatoms. The lowest BCUT2D eigenvalue weighted by molar-refractivity contribution is -0.00345. The lowest BCUT2D eigenvalue weighted by Crippen LogP contribution is -2.60. The van der Waals surface area contributed by atoms with E-state index in [4.69, 9.17) is 0 Å². The summed E-state index contributed by atoms with van der Waals surface area (Å²) in [5.74, 6) is 0.744. The van der Waals surface area contributed by atoms with E-state index in [2.05, 4.69) is 34.1 Å². The van der Waals surface area contributed by atoms with Gasteiger partial charge in [0.2, 0.25) is 0 Å². The number of benzene rings is 1. The summed E-state index contributed by atoms with van der Waals surface area (Å²) in [4.78, 5) is 33.4. The Morgan fingerprint density at radius 1 is 1.11 bits per heavy atom. The van der Waals surface area contributed by atoms with E-state index in [0.717, 1.165) is 31.6 Å². The van der Waals surface area contributed by atoms with Crippen LogP contribution >= 0.6 is 0 Å². The number of hydrogen-bond acceptors (Lipinski definition) is 3. The maximum absolute atomic E-state index is 13.4. The van der Waals surface area contributed by atoms with Crippen molar-refractivity contribution in [2.24, 2.45) is 5.92 Å². The Morgan fingerprint density at radius 2 is 1.85 bits per heavy atom. The zero-order valence-electron chi connectivity index (χ0n) is 15.6. The monoisotopic (exact) mass is 363 g/mol. The first kappa shape index (κ1) is 16.8. The summed E-state index contributed by atoms with van der Waals surface area (Å²) in [5, 5.41) is 0. The lowest BCUT2D eigenvalue weighted by atomic mass is 9.75. The van der Waals surface area contributed by atoms with E-state index in [9.17, 15) is 9.59 Å². The topological polar surface area (TPSA) is 56.4 Å². The lowest BCUT2D eigenvalue weighted by Gasteiger charge is -2.51. The molecule has 4 aliphatic rings. The number of piperidine rings is 3. The van der Waals surface area contributed by atoms with Gasteiger partial charge in [-0.25, -0.2) is 0 Å². The van der Waals surface area contributed by atoms with Crippen molar-refractivity contribution in [1.29, 1.82) is 0 Å². The molecular weight excluding hydrogens is 338 g/mol. The molecule has 0 unspecified atom stereocenters. The molecule has 4 saturated heterocycles. The molecule has 0 spiro atoms. The van der Waals surface area contributed by atoms with Gasteiger partial charge in [0, 0.05) is 36.5 Å². The molecule has 0 saturated carbocycles. The molecule has 0 aliphatic carbocycles. The average molecular weight is 363 g/mol. The molecule has 1 N–H and O–H groups in total. The van der Waals surface area contributed by atoms with Crippen molar-refractivity contribution in [3.05, 3.63) is 69.6 Å². The third-order valence-corrected chi connectivity index (χ3v) is 6.77. The van der Waals surface area contributed by atoms with Crippen molar-refractivity contribution in [2.75, 3.05) is 19.6 Å². The highest BCUT2D eigenvalue weighted by molar-refractivity contribution is 5.94. The largest absolute Gasteiger partial charge is 0.364 e. The fourth-order valence-electron chi connectivity index (χ4n) is 5.54. The number of amides is 1. The Bertz CT molecular complexity index is 915. The second-order valence-electron chi connectivity index (χ2n) is 8.22. The third kappa shape index (κ3) is 2.64. The van der Waals surface area contributed by atoms with Crippen LogP contribution in [0.3, 0.4) is 0 Å². The normalized spacial score (nSPS) is 31.7. The predicted octanol–water partition coefficient (Wildman–Crippen LogP) is 2.39. The minimum atomic E-state index is -0.183. The van der Waals surface area contributed by atoms with Gasteiger partial charge < -0.3 is 9.88 Å². The van der Waals surface area contributed by atoms with Crippen LogP contribution in [0.2, 0.25) is 0 Å². The highest BCUT2D eigenvalue weighted by atomic mass is 16.2. The number of nitrogens with one attached hydrogen (secondary N) is 1. The van der Waals surface area contributed by atoms with E-state index in [1.54, 1.807) is 6.20 Å². The van der Waals surface area contributed by atoms with Crippen LogP contribution in [0.5, 0.6) is 0 Å². The van der Waals surface area contributed by atoms with Gasteiger partial charge in [-0.1, -0.05) is 30.3 Å². The Morgan fingerprint density at radius 3 is 2.56 bits per heavy atom. The highest BCUT2D eigenvalue weighted by Gasteiger charge is 2.54. The third-order valence-electron chi connectivity index (χ3n) is 6.77. The number of aryl methyl sites for hydroxylation is 1. The predicted molar refractivity (Wildman–Crippen MR) is 104 cm³/mol.